The van der Waals surface area contributed by atoms with Gasteiger partial charge in [-0.25, -0.2) is 4.79 Å². The molecule has 1 N–H and O–H groups in total. The minimum Gasteiger partial charge on any atom is -0.308 e. The molecule has 0 bridgehead atoms. The molecule has 120 valence electrons. The zero-order chi connectivity index (χ0) is 16.4. The van der Waals surface area contributed by atoms with Gasteiger partial charge in [-0.05, 0) is 36.4 Å². The Morgan fingerprint density at radius 3 is 2.48 bits per heavy atom. The van der Waals surface area contributed by atoms with Crippen molar-refractivity contribution in [3.8, 4) is 0 Å². The minimum absolute atomic E-state index is 0.118. The van der Waals surface area contributed by atoms with Crippen molar-refractivity contribution in [1.29, 1.82) is 0 Å². The Labute approximate surface area is 153 Å². The lowest BCUT2D eigenvalue weighted by Crippen LogP contribution is -2.34. The van der Waals surface area contributed by atoms with Crippen molar-refractivity contribution in [3.63, 3.8) is 0 Å². The fourth-order valence-corrected chi connectivity index (χ4v) is 4.36. The van der Waals surface area contributed by atoms with Gasteiger partial charge in [0.25, 0.3) is 0 Å². The molecular weight excluding hydrogens is 375 g/mol. The molecule has 0 aromatic heterocycles. The van der Waals surface area contributed by atoms with Crippen LogP contribution >= 0.6 is 46.6 Å². The van der Waals surface area contributed by atoms with Crippen molar-refractivity contribution < 1.29 is 4.79 Å². The molecule has 1 heterocycles. The van der Waals surface area contributed by atoms with E-state index in [1.54, 1.807) is 53.1 Å². The molecule has 1 aliphatic rings. The minimum atomic E-state index is -0.159. The zero-order valence-electron chi connectivity index (χ0n) is 11.9. The van der Waals surface area contributed by atoms with Crippen LogP contribution in [0.2, 0.25) is 15.1 Å². The van der Waals surface area contributed by atoms with E-state index in [1.807, 2.05) is 6.07 Å². The molecule has 2 aromatic carbocycles. The molecule has 3 rings (SSSR count). The maximum absolute atomic E-state index is 12.6. The number of anilines is 1. The molecule has 1 fully saturated rings. The molecule has 0 spiro atoms. The number of halogens is 3. The van der Waals surface area contributed by atoms with Gasteiger partial charge in [0.05, 0.1) is 0 Å². The first kappa shape index (κ1) is 16.8. The monoisotopic (exact) mass is 386 g/mol. The number of hydrogen-bond donors (Lipinski definition) is 1. The van der Waals surface area contributed by atoms with Crippen molar-refractivity contribution in [2.75, 3.05) is 17.6 Å². The number of thioether (sulfide) groups is 1. The normalized spacial score (nSPS) is 17.3. The predicted octanol–water partition coefficient (Wildman–Crippen LogP) is 5.93. The third-order valence-corrected chi connectivity index (χ3v) is 5.53. The smallest absolute Gasteiger partial charge is 0.308 e. The molecule has 3 nitrogen and oxygen atoms in total. The lowest BCUT2D eigenvalue weighted by Gasteiger charge is -2.25. The average Bonchev–Trinajstić information content (AvgIpc) is 2.99. The first-order chi connectivity index (χ1) is 11.0. The van der Waals surface area contributed by atoms with Crippen LogP contribution in [0.1, 0.15) is 10.9 Å². The average molecular weight is 388 g/mol. The van der Waals surface area contributed by atoms with Crippen LogP contribution in [0.5, 0.6) is 0 Å². The van der Waals surface area contributed by atoms with E-state index in [-0.39, 0.29) is 11.4 Å². The molecule has 7 heteroatoms. The number of amides is 2. The van der Waals surface area contributed by atoms with Crippen LogP contribution < -0.4 is 5.32 Å². The Kier molecular flexibility index (Phi) is 5.27. The summed E-state index contributed by atoms with van der Waals surface area (Å²) in [7, 11) is 0. The van der Waals surface area contributed by atoms with E-state index in [1.165, 1.54) is 0 Å². The summed E-state index contributed by atoms with van der Waals surface area (Å²) in [5, 5.41) is 4.55. The Bertz CT molecular complexity index is 724. The molecule has 2 amide bonds. The van der Waals surface area contributed by atoms with Gasteiger partial charge < -0.3 is 10.2 Å². The Balaban J connectivity index is 1.78. The van der Waals surface area contributed by atoms with E-state index < -0.39 is 0 Å². The summed E-state index contributed by atoms with van der Waals surface area (Å²) in [6, 6.07) is 12.2. The highest BCUT2D eigenvalue weighted by atomic mass is 35.5. The van der Waals surface area contributed by atoms with Crippen molar-refractivity contribution >= 4 is 58.3 Å². The quantitative estimate of drug-likeness (QED) is 0.693. The molecule has 1 aliphatic heterocycles. The van der Waals surface area contributed by atoms with Crippen LogP contribution in [0.4, 0.5) is 10.5 Å². The molecule has 2 aromatic rings. The molecule has 1 atom stereocenters. The van der Waals surface area contributed by atoms with E-state index >= 15 is 0 Å². The number of carbonyl (C=O) groups is 1. The van der Waals surface area contributed by atoms with Crippen LogP contribution in [-0.2, 0) is 0 Å². The van der Waals surface area contributed by atoms with E-state index in [9.17, 15) is 4.79 Å². The number of nitrogens with one attached hydrogen (secondary N) is 1. The molecular formula is C16H13Cl3N2OS. The van der Waals surface area contributed by atoms with Crippen LogP contribution in [0.3, 0.4) is 0 Å². The van der Waals surface area contributed by atoms with Crippen LogP contribution in [0.25, 0.3) is 0 Å². The number of rotatable bonds is 2. The second kappa shape index (κ2) is 7.22. The second-order valence-electron chi connectivity index (χ2n) is 5.02. The summed E-state index contributed by atoms with van der Waals surface area (Å²) in [6.07, 6.45) is 0. The second-order valence-corrected chi connectivity index (χ2v) is 7.49. The van der Waals surface area contributed by atoms with Gasteiger partial charge in [-0.1, -0.05) is 40.9 Å². The fourth-order valence-electron chi connectivity index (χ4n) is 2.37. The van der Waals surface area contributed by atoms with Crippen LogP contribution in [0.15, 0.2) is 42.5 Å². The van der Waals surface area contributed by atoms with Crippen molar-refractivity contribution in [2.45, 2.75) is 5.37 Å². The van der Waals surface area contributed by atoms with Gasteiger partial charge in [0, 0.05) is 38.6 Å². The molecule has 1 saturated heterocycles. The summed E-state index contributed by atoms with van der Waals surface area (Å²) in [5.74, 6) is 0.859. The van der Waals surface area contributed by atoms with Crippen molar-refractivity contribution in [3.05, 3.63) is 63.1 Å². The van der Waals surface area contributed by atoms with Gasteiger partial charge in [0.1, 0.15) is 5.37 Å². The van der Waals surface area contributed by atoms with Crippen molar-refractivity contribution in [1.82, 2.24) is 4.90 Å². The molecule has 23 heavy (non-hydrogen) atoms. The van der Waals surface area contributed by atoms with Crippen molar-refractivity contribution in [2.24, 2.45) is 0 Å². The zero-order valence-corrected chi connectivity index (χ0v) is 15.0. The van der Waals surface area contributed by atoms with E-state index in [0.717, 1.165) is 11.3 Å². The largest absolute Gasteiger partial charge is 0.323 e. The first-order valence-corrected chi connectivity index (χ1v) is 9.12. The number of urea groups is 1. The number of carbonyl (C=O) groups excluding carboxylic acids is 1. The van der Waals surface area contributed by atoms with Gasteiger partial charge in [0.2, 0.25) is 0 Å². The summed E-state index contributed by atoms with van der Waals surface area (Å²) in [5.41, 5.74) is 1.60. The lowest BCUT2D eigenvalue weighted by atomic mass is 10.2. The van der Waals surface area contributed by atoms with E-state index in [0.29, 0.717) is 27.3 Å². The summed E-state index contributed by atoms with van der Waals surface area (Å²) in [6.45, 7) is 0.660. The summed E-state index contributed by atoms with van der Waals surface area (Å²) >= 11 is 19.8. The third kappa shape index (κ3) is 3.89. The van der Waals surface area contributed by atoms with Gasteiger partial charge in [-0.3, -0.25) is 0 Å². The first-order valence-electron chi connectivity index (χ1n) is 6.94. The lowest BCUT2D eigenvalue weighted by molar-refractivity contribution is 0.214. The molecule has 0 radical (unpaired) electrons. The Morgan fingerprint density at radius 2 is 1.78 bits per heavy atom. The third-order valence-electron chi connectivity index (χ3n) is 3.48. The fraction of sp³-hybridized carbons (Fsp3) is 0.188. The van der Waals surface area contributed by atoms with Crippen LogP contribution in [-0.4, -0.2) is 23.2 Å². The Morgan fingerprint density at radius 1 is 1.09 bits per heavy atom. The van der Waals surface area contributed by atoms with Gasteiger partial charge in [-0.2, -0.15) is 0 Å². The number of benzene rings is 2. The van der Waals surface area contributed by atoms with Gasteiger partial charge >= 0.3 is 6.03 Å². The standard InChI is InChI=1S/C16H13Cl3N2OS/c17-10-1-4-12(5-2-10)20-16(22)21-7-8-23-15(21)13-6-3-11(18)9-14(13)19/h1-6,9,15H,7-8H2,(H,20,22)/t15-/m1/s1. The number of nitrogens with zero attached hydrogens (tertiary/aromatic N) is 1. The Hall–Kier alpha value is -1.07. The van der Waals surface area contributed by atoms with E-state index in [2.05, 4.69) is 5.32 Å². The molecule has 0 saturated carbocycles. The highest BCUT2D eigenvalue weighted by Gasteiger charge is 2.32. The number of hydrogen-bond acceptors (Lipinski definition) is 2. The van der Waals surface area contributed by atoms with Gasteiger partial charge in [-0.15, -0.1) is 11.8 Å². The highest BCUT2D eigenvalue weighted by molar-refractivity contribution is 7.99. The summed E-state index contributed by atoms with van der Waals surface area (Å²) < 4.78 is 0. The molecule has 0 unspecified atom stereocenters. The maximum Gasteiger partial charge on any atom is 0.323 e. The SMILES string of the molecule is O=C(Nc1ccc(Cl)cc1)N1CCS[C@@H]1c1ccc(Cl)cc1Cl. The summed E-state index contributed by atoms with van der Waals surface area (Å²) in [4.78, 5) is 14.3. The van der Waals surface area contributed by atoms with Crippen LogP contribution in [0, 0.1) is 0 Å². The topological polar surface area (TPSA) is 32.3 Å². The maximum atomic E-state index is 12.6. The van der Waals surface area contributed by atoms with Gasteiger partial charge in [0.15, 0.2) is 0 Å². The van der Waals surface area contributed by atoms with E-state index in [4.69, 9.17) is 34.8 Å². The molecule has 0 aliphatic carbocycles. The predicted molar refractivity (Wildman–Crippen MR) is 98.8 cm³/mol. The highest BCUT2D eigenvalue weighted by Crippen LogP contribution is 2.41.